The van der Waals surface area contributed by atoms with Gasteiger partial charge in [0.1, 0.15) is 0 Å². The predicted octanol–water partition coefficient (Wildman–Crippen LogP) is 3.04. The fraction of sp³-hybridized carbons (Fsp3) is 0.222. The maximum absolute atomic E-state index is 9.37. The maximum Gasteiger partial charge on any atom is 0.222 e. The van der Waals surface area contributed by atoms with E-state index >= 15 is 0 Å². The number of rotatable bonds is 1. The van der Waals surface area contributed by atoms with Gasteiger partial charge >= 0.3 is 0 Å². The molecule has 2 rings (SSSR count). The van der Waals surface area contributed by atoms with E-state index in [4.69, 9.17) is 23.2 Å². The number of hydrogen-bond acceptors (Lipinski definition) is 4. The summed E-state index contributed by atoms with van der Waals surface area (Å²) in [7, 11) is 0. The monoisotopic (exact) mass is 325 g/mol. The number of hydroxylamine groups is 2. The minimum Gasteiger partial charge on any atom is -0.323 e. The Kier molecular flexibility index (Phi) is 4.86. The van der Waals surface area contributed by atoms with Crippen LogP contribution in [0.25, 0.3) is 0 Å². The number of halogens is 3. The van der Waals surface area contributed by atoms with Gasteiger partial charge in [0, 0.05) is 5.02 Å². The highest BCUT2D eigenvalue weighted by molar-refractivity contribution is 8.93. The van der Waals surface area contributed by atoms with Crippen LogP contribution in [0.5, 0.6) is 0 Å². The second-order valence-corrected chi connectivity index (χ2v) is 3.92. The molecule has 0 aliphatic carbocycles. The smallest absolute Gasteiger partial charge is 0.222 e. The van der Waals surface area contributed by atoms with Crippen LogP contribution in [0.4, 0.5) is 5.69 Å². The number of guanidine groups is 1. The Hall–Kier alpha value is -0.490. The van der Waals surface area contributed by atoms with Crippen LogP contribution in [-0.4, -0.2) is 29.3 Å². The summed E-state index contributed by atoms with van der Waals surface area (Å²) in [6.45, 7) is 1.05. The van der Waals surface area contributed by atoms with E-state index in [1.807, 2.05) is 0 Å². The minimum atomic E-state index is 0. The molecule has 1 aliphatic rings. The molecule has 0 aromatic heterocycles. The standard InChI is InChI=1S/C9H9Cl2N3O.BrH/c10-6-1-2-7(11)8(5-6)13-9-12-3-4-14(9)15;/h1-2,5,15H,3-4H2,(H,12,13);1H. The van der Waals surface area contributed by atoms with Crippen LogP contribution in [0.15, 0.2) is 23.2 Å². The molecule has 1 heterocycles. The van der Waals surface area contributed by atoms with Gasteiger partial charge in [-0.05, 0) is 18.2 Å². The van der Waals surface area contributed by atoms with E-state index < -0.39 is 0 Å². The van der Waals surface area contributed by atoms with Crippen molar-refractivity contribution in [2.75, 3.05) is 18.4 Å². The van der Waals surface area contributed by atoms with Gasteiger partial charge in [-0.25, -0.2) is 10.1 Å². The molecule has 0 amide bonds. The number of anilines is 1. The molecule has 0 saturated heterocycles. The van der Waals surface area contributed by atoms with Gasteiger partial charge < -0.3 is 5.32 Å². The van der Waals surface area contributed by atoms with Crippen LogP contribution in [-0.2, 0) is 0 Å². The van der Waals surface area contributed by atoms with Gasteiger partial charge in [0.2, 0.25) is 5.96 Å². The highest BCUT2D eigenvalue weighted by Gasteiger charge is 2.15. The van der Waals surface area contributed by atoms with Gasteiger partial charge in [0.25, 0.3) is 0 Å². The van der Waals surface area contributed by atoms with Gasteiger partial charge in [-0.3, -0.25) is 5.21 Å². The van der Waals surface area contributed by atoms with Crippen molar-refractivity contribution in [2.45, 2.75) is 0 Å². The van der Waals surface area contributed by atoms with Crippen molar-refractivity contribution in [3.8, 4) is 0 Å². The summed E-state index contributed by atoms with van der Waals surface area (Å²) in [6.07, 6.45) is 0. The molecule has 88 valence electrons. The zero-order valence-electron chi connectivity index (χ0n) is 8.15. The molecule has 0 unspecified atom stereocenters. The van der Waals surface area contributed by atoms with Crippen molar-refractivity contribution in [1.29, 1.82) is 0 Å². The van der Waals surface area contributed by atoms with E-state index in [-0.39, 0.29) is 17.0 Å². The fourth-order valence-electron chi connectivity index (χ4n) is 1.26. The largest absolute Gasteiger partial charge is 0.323 e. The Balaban J connectivity index is 0.00000128. The lowest BCUT2D eigenvalue weighted by atomic mass is 10.3. The van der Waals surface area contributed by atoms with Crippen molar-refractivity contribution in [3.05, 3.63) is 28.2 Å². The lowest BCUT2D eigenvalue weighted by Gasteiger charge is -2.14. The lowest BCUT2D eigenvalue weighted by Crippen LogP contribution is -2.29. The molecule has 1 aliphatic heterocycles. The van der Waals surface area contributed by atoms with Crippen molar-refractivity contribution in [2.24, 2.45) is 4.99 Å². The van der Waals surface area contributed by atoms with Crippen molar-refractivity contribution < 1.29 is 5.21 Å². The molecule has 7 heteroatoms. The summed E-state index contributed by atoms with van der Waals surface area (Å²) >= 11 is 11.8. The summed E-state index contributed by atoms with van der Waals surface area (Å²) in [5.41, 5.74) is 0.629. The van der Waals surface area contributed by atoms with Crippen LogP contribution in [0.1, 0.15) is 0 Å². The van der Waals surface area contributed by atoms with Crippen LogP contribution in [0.3, 0.4) is 0 Å². The van der Waals surface area contributed by atoms with E-state index in [1.165, 1.54) is 0 Å². The van der Waals surface area contributed by atoms with E-state index in [0.29, 0.717) is 34.8 Å². The minimum absolute atomic E-state index is 0. The fourth-order valence-corrected chi connectivity index (χ4v) is 1.59. The van der Waals surface area contributed by atoms with Crippen LogP contribution in [0, 0.1) is 0 Å². The van der Waals surface area contributed by atoms with Crippen LogP contribution in [0.2, 0.25) is 10.0 Å². The Bertz CT molecular complexity index is 414. The average molecular weight is 327 g/mol. The third kappa shape index (κ3) is 3.01. The van der Waals surface area contributed by atoms with Gasteiger partial charge in [-0.2, -0.15) is 0 Å². The molecule has 0 atom stereocenters. The topological polar surface area (TPSA) is 47.9 Å². The molecular formula is C9H10BrCl2N3O. The summed E-state index contributed by atoms with van der Waals surface area (Å²) in [4.78, 5) is 4.06. The maximum atomic E-state index is 9.37. The number of nitrogens with one attached hydrogen (secondary N) is 1. The Morgan fingerprint density at radius 2 is 2.12 bits per heavy atom. The lowest BCUT2D eigenvalue weighted by molar-refractivity contribution is -0.00269. The number of benzene rings is 1. The first kappa shape index (κ1) is 13.6. The number of aliphatic imine (C=N–C) groups is 1. The summed E-state index contributed by atoms with van der Waals surface area (Å²) < 4.78 is 0. The summed E-state index contributed by atoms with van der Waals surface area (Å²) in [6, 6.07) is 5.06. The Morgan fingerprint density at radius 3 is 2.75 bits per heavy atom. The molecule has 0 radical (unpaired) electrons. The van der Waals surface area contributed by atoms with E-state index in [9.17, 15) is 5.21 Å². The predicted molar refractivity (Wildman–Crippen MR) is 71.2 cm³/mol. The number of nitrogens with zero attached hydrogens (tertiary/aromatic N) is 2. The molecule has 16 heavy (non-hydrogen) atoms. The molecular weight excluding hydrogens is 317 g/mol. The molecule has 0 spiro atoms. The average Bonchev–Trinajstić information content (AvgIpc) is 2.58. The van der Waals surface area contributed by atoms with E-state index in [1.54, 1.807) is 18.2 Å². The van der Waals surface area contributed by atoms with Crippen molar-refractivity contribution in [3.63, 3.8) is 0 Å². The van der Waals surface area contributed by atoms with Crippen molar-refractivity contribution >= 4 is 51.8 Å². The molecule has 1 aromatic rings. The highest BCUT2D eigenvalue weighted by atomic mass is 79.9. The molecule has 0 fully saturated rings. The Morgan fingerprint density at radius 1 is 1.38 bits per heavy atom. The highest BCUT2D eigenvalue weighted by Crippen LogP contribution is 2.25. The van der Waals surface area contributed by atoms with Gasteiger partial charge in [0.05, 0.1) is 23.8 Å². The first-order valence-corrected chi connectivity index (χ1v) is 5.15. The van der Waals surface area contributed by atoms with E-state index in [0.717, 1.165) is 5.06 Å². The second-order valence-electron chi connectivity index (χ2n) is 3.08. The first-order valence-electron chi connectivity index (χ1n) is 4.40. The molecule has 4 nitrogen and oxygen atoms in total. The molecule has 1 aromatic carbocycles. The van der Waals surface area contributed by atoms with Crippen molar-refractivity contribution in [1.82, 2.24) is 5.06 Å². The van der Waals surface area contributed by atoms with Gasteiger partial charge in [0.15, 0.2) is 0 Å². The molecule has 0 bridgehead atoms. The third-order valence-electron chi connectivity index (χ3n) is 1.99. The normalized spacial score (nSPS) is 14.4. The molecule has 2 N–H and O–H groups in total. The summed E-state index contributed by atoms with van der Waals surface area (Å²) in [5, 5.41) is 14.4. The zero-order chi connectivity index (χ0) is 10.8. The third-order valence-corrected chi connectivity index (χ3v) is 2.56. The molecule has 0 saturated carbocycles. The summed E-state index contributed by atoms with van der Waals surface area (Å²) in [5.74, 6) is 0.388. The SMILES string of the molecule is Br.ON1CCN=C1Nc1cc(Cl)ccc1Cl. The quantitative estimate of drug-likeness (QED) is 0.834. The van der Waals surface area contributed by atoms with Crippen LogP contribution < -0.4 is 5.32 Å². The van der Waals surface area contributed by atoms with Gasteiger partial charge in [-0.15, -0.1) is 17.0 Å². The Labute approximate surface area is 114 Å². The number of hydrogen-bond donors (Lipinski definition) is 2. The zero-order valence-corrected chi connectivity index (χ0v) is 11.4. The second kappa shape index (κ2) is 5.72. The van der Waals surface area contributed by atoms with Crippen LogP contribution >= 0.6 is 40.2 Å². The first-order chi connectivity index (χ1) is 7.16. The van der Waals surface area contributed by atoms with E-state index in [2.05, 4.69) is 10.3 Å². The van der Waals surface area contributed by atoms with Gasteiger partial charge in [-0.1, -0.05) is 23.2 Å².